The van der Waals surface area contributed by atoms with Gasteiger partial charge in [-0.3, -0.25) is 4.90 Å². The summed E-state index contributed by atoms with van der Waals surface area (Å²) in [6.07, 6.45) is 2.26. The fourth-order valence-corrected chi connectivity index (χ4v) is 2.13. The van der Waals surface area contributed by atoms with Gasteiger partial charge in [0.15, 0.2) is 0 Å². The first-order chi connectivity index (χ1) is 7.24. The standard InChI is InChI=1S/C12H17FN2/c13-11-4-1-3-10(7-11)8-15-6-2-5-12(14)9-15/h1,3-4,7,12H,2,5-6,8-9,14H2. The van der Waals surface area contributed by atoms with Crippen molar-refractivity contribution in [2.75, 3.05) is 13.1 Å². The minimum atomic E-state index is -0.159. The van der Waals surface area contributed by atoms with E-state index in [1.54, 1.807) is 12.1 Å². The number of halogens is 1. The molecule has 1 aliphatic rings. The minimum absolute atomic E-state index is 0.159. The molecule has 0 amide bonds. The molecular weight excluding hydrogens is 191 g/mol. The van der Waals surface area contributed by atoms with Crippen LogP contribution in [0.3, 0.4) is 0 Å². The summed E-state index contributed by atoms with van der Waals surface area (Å²) in [5.41, 5.74) is 6.92. The monoisotopic (exact) mass is 208 g/mol. The van der Waals surface area contributed by atoms with Gasteiger partial charge in [0, 0.05) is 19.1 Å². The van der Waals surface area contributed by atoms with Crippen molar-refractivity contribution < 1.29 is 4.39 Å². The number of hydrogen-bond acceptors (Lipinski definition) is 2. The third-order valence-corrected chi connectivity index (χ3v) is 2.84. The number of nitrogens with zero attached hydrogens (tertiary/aromatic N) is 1. The van der Waals surface area contributed by atoms with Crippen molar-refractivity contribution in [2.45, 2.75) is 25.4 Å². The van der Waals surface area contributed by atoms with E-state index in [9.17, 15) is 4.39 Å². The quantitative estimate of drug-likeness (QED) is 0.802. The Morgan fingerprint density at radius 3 is 3.07 bits per heavy atom. The van der Waals surface area contributed by atoms with Crippen LogP contribution in [-0.4, -0.2) is 24.0 Å². The van der Waals surface area contributed by atoms with E-state index in [0.717, 1.165) is 38.0 Å². The second kappa shape index (κ2) is 4.73. The van der Waals surface area contributed by atoms with Crippen molar-refractivity contribution in [2.24, 2.45) is 5.73 Å². The lowest BCUT2D eigenvalue weighted by Crippen LogP contribution is -2.42. The second-order valence-electron chi connectivity index (χ2n) is 4.27. The summed E-state index contributed by atoms with van der Waals surface area (Å²) in [7, 11) is 0. The molecular formula is C12H17FN2. The Kier molecular flexibility index (Phi) is 3.34. The smallest absolute Gasteiger partial charge is 0.123 e. The molecule has 0 saturated carbocycles. The van der Waals surface area contributed by atoms with E-state index in [2.05, 4.69) is 4.90 Å². The lowest BCUT2D eigenvalue weighted by molar-refractivity contribution is 0.201. The van der Waals surface area contributed by atoms with Gasteiger partial charge >= 0.3 is 0 Å². The molecule has 0 radical (unpaired) electrons. The number of rotatable bonds is 2. The number of hydrogen-bond donors (Lipinski definition) is 1. The van der Waals surface area contributed by atoms with Gasteiger partial charge in [-0.1, -0.05) is 12.1 Å². The van der Waals surface area contributed by atoms with Crippen LogP contribution in [0.1, 0.15) is 18.4 Å². The summed E-state index contributed by atoms with van der Waals surface area (Å²) in [6, 6.07) is 7.08. The molecule has 0 spiro atoms. The highest BCUT2D eigenvalue weighted by Crippen LogP contribution is 2.13. The molecule has 1 aromatic rings. The predicted molar refractivity (Wildman–Crippen MR) is 58.9 cm³/mol. The normalized spacial score (nSPS) is 22.9. The van der Waals surface area contributed by atoms with Crippen molar-refractivity contribution in [3.63, 3.8) is 0 Å². The van der Waals surface area contributed by atoms with Gasteiger partial charge in [0.05, 0.1) is 0 Å². The highest BCUT2D eigenvalue weighted by atomic mass is 19.1. The van der Waals surface area contributed by atoms with E-state index in [1.807, 2.05) is 6.07 Å². The van der Waals surface area contributed by atoms with Gasteiger partial charge in [-0.2, -0.15) is 0 Å². The van der Waals surface area contributed by atoms with E-state index >= 15 is 0 Å². The number of nitrogens with two attached hydrogens (primary N) is 1. The van der Waals surface area contributed by atoms with Gasteiger partial charge in [-0.05, 0) is 37.1 Å². The maximum absolute atomic E-state index is 13.0. The SMILES string of the molecule is NC1CCCN(Cc2cccc(F)c2)C1. The molecule has 2 rings (SSSR count). The van der Waals surface area contributed by atoms with Gasteiger partial charge in [-0.25, -0.2) is 4.39 Å². The van der Waals surface area contributed by atoms with Crippen LogP contribution in [0.25, 0.3) is 0 Å². The van der Waals surface area contributed by atoms with Gasteiger partial charge in [0.2, 0.25) is 0 Å². The zero-order valence-electron chi connectivity index (χ0n) is 8.82. The zero-order chi connectivity index (χ0) is 10.7. The van der Waals surface area contributed by atoms with Gasteiger partial charge in [-0.15, -0.1) is 0 Å². The first-order valence-corrected chi connectivity index (χ1v) is 5.46. The third kappa shape index (κ3) is 3.01. The van der Waals surface area contributed by atoms with Crippen molar-refractivity contribution >= 4 is 0 Å². The molecule has 0 aromatic heterocycles. The lowest BCUT2D eigenvalue weighted by atomic mass is 10.1. The molecule has 0 aliphatic carbocycles. The average Bonchev–Trinajstić information content (AvgIpc) is 2.17. The zero-order valence-corrected chi connectivity index (χ0v) is 8.82. The molecule has 1 aliphatic heterocycles. The molecule has 82 valence electrons. The Bertz CT molecular complexity index is 327. The molecule has 2 nitrogen and oxygen atoms in total. The highest BCUT2D eigenvalue weighted by molar-refractivity contribution is 5.16. The molecule has 15 heavy (non-hydrogen) atoms. The fraction of sp³-hybridized carbons (Fsp3) is 0.500. The Morgan fingerprint density at radius 2 is 2.33 bits per heavy atom. The molecule has 3 heteroatoms. The van der Waals surface area contributed by atoms with Crippen LogP contribution in [0.4, 0.5) is 4.39 Å². The van der Waals surface area contributed by atoms with Crippen LogP contribution in [-0.2, 0) is 6.54 Å². The van der Waals surface area contributed by atoms with Crippen LogP contribution in [0.5, 0.6) is 0 Å². The minimum Gasteiger partial charge on any atom is -0.327 e. The van der Waals surface area contributed by atoms with E-state index in [1.165, 1.54) is 6.07 Å². The van der Waals surface area contributed by atoms with Crippen molar-refractivity contribution in [1.82, 2.24) is 4.90 Å². The average molecular weight is 208 g/mol. The number of likely N-dealkylation sites (tertiary alicyclic amines) is 1. The lowest BCUT2D eigenvalue weighted by Gasteiger charge is -2.30. The number of piperidine rings is 1. The number of benzene rings is 1. The molecule has 1 unspecified atom stereocenters. The summed E-state index contributed by atoms with van der Waals surface area (Å²) < 4.78 is 13.0. The summed E-state index contributed by atoms with van der Waals surface area (Å²) in [4.78, 5) is 2.29. The summed E-state index contributed by atoms with van der Waals surface area (Å²) in [5.74, 6) is -0.159. The van der Waals surface area contributed by atoms with Crippen LogP contribution in [0.15, 0.2) is 24.3 Å². The second-order valence-corrected chi connectivity index (χ2v) is 4.27. The maximum Gasteiger partial charge on any atom is 0.123 e. The first kappa shape index (κ1) is 10.6. The fourth-order valence-electron chi connectivity index (χ4n) is 2.13. The first-order valence-electron chi connectivity index (χ1n) is 5.46. The summed E-state index contributed by atoms with van der Waals surface area (Å²) >= 11 is 0. The van der Waals surface area contributed by atoms with Gasteiger partial charge in [0.25, 0.3) is 0 Å². The van der Waals surface area contributed by atoms with Crippen LogP contribution >= 0.6 is 0 Å². The largest absolute Gasteiger partial charge is 0.327 e. The van der Waals surface area contributed by atoms with Crippen LogP contribution in [0, 0.1) is 5.82 Å². The molecule has 1 saturated heterocycles. The Morgan fingerprint density at radius 1 is 1.47 bits per heavy atom. The van der Waals surface area contributed by atoms with E-state index < -0.39 is 0 Å². The predicted octanol–water partition coefficient (Wildman–Crippen LogP) is 1.75. The Labute approximate surface area is 89.9 Å². The molecule has 1 aromatic carbocycles. The third-order valence-electron chi connectivity index (χ3n) is 2.84. The maximum atomic E-state index is 13.0. The van der Waals surface area contributed by atoms with E-state index in [-0.39, 0.29) is 11.9 Å². The van der Waals surface area contributed by atoms with E-state index in [0.29, 0.717) is 0 Å². The summed E-state index contributed by atoms with van der Waals surface area (Å²) in [5, 5.41) is 0. The topological polar surface area (TPSA) is 29.3 Å². The van der Waals surface area contributed by atoms with Crippen molar-refractivity contribution in [1.29, 1.82) is 0 Å². The highest BCUT2D eigenvalue weighted by Gasteiger charge is 2.16. The van der Waals surface area contributed by atoms with Gasteiger partial charge < -0.3 is 5.73 Å². The van der Waals surface area contributed by atoms with Crippen molar-refractivity contribution in [3.05, 3.63) is 35.6 Å². The molecule has 0 bridgehead atoms. The Hall–Kier alpha value is -0.930. The van der Waals surface area contributed by atoms with Gasteiger partial charge in [0.1, 0.15) is 5.82 Å². The van der Waals surface area contributed by atoms with Crippen molar-refractivity contribution in [3.8, 4) is 0 Å². The van der Waals surface area contributed by atoms with Crippen LogP contribution in [0.2, 0.25) is 0 Å². The molecule has 1 heterocycles. The van der Waals surface area contributed by atoms with E-state index in [4.69, 9.17) is 5.73 Å². The molecule has 2 N–H and O–H groups in total. The molecule has 1 fully saturated rings. The summed E-state index contributed by atoms with van der Waals surface area (Å²) in [6.45, 7) is 2.81. The van der Waals surface area contributed by atoms with Crippen LogP contribution < -0.4 is 5.73 Å². The Balaban J connectivity index is 1.96. The molecule has 1 atom stereocenters.